The van der Waals surface area contributed by atoms with Crippen molar-refractivity contribution < 1.29 is 4.74 Å². The third-order valence-electron chi connectivity index (χ3n) is 2.37. The molecule has 0 aromatic heterocycles. The molecule has 0 unspecified atom stereocenters. The molecule has 92 valence electrons. The fourth-order valence-electron chi connectivity index (χ4n) is 1.38. The van der Waals surface area contributed by atoms with Crippen LogP contribution >= 0.6 is 0 Å². The Morgan fingerprint density at radius 1 is 1.27 bits per heavy atom. The molecule has 2 nitrogen and oxygen atoms in total. The van der Waals surface area contributed by atoms with E-state index in [0.29, 0.717) is 5.41 Å². The maximum atomic E-state index is 5.60. The maximum Gasteiger partial charge on any atom is 0.0517 e. The number of hydrogen-bond donors (Lipinski definition) is 1. The molecule has 2 heteroatoms. The highest BCUT2D eigenvalue weighted by Gasteiger charge is 2.17. The lowest BCUT2D eigenvalue weighted by atomic mass is 9.90. The van der Waals surface area contributed by atoms with Gasteiger partial charge in [-0.25, -0.2) is 0 Å². The average molecular weight is 215 g/mol. The van der Waals surface area contributed by atoms with Gasteiger partial charge in [-0.1, -0.05) is 34.6 Å². The predicted octanol–water partition coefficient (Wildman–Crippen LogP) is 3.07. The molecule has 0 aliphatic rings. The summed E-state index contributed by atoms with van der Waals surface area (Å²) < 4.78 is 5.60. The van der Waals surface area contributed by atoms with Gasteiger partial charge in [0.2, 0.25) is 0 Å². The molecule has 0 bridgehead atoms. The van der Waals surface area contributed by atoms with Gasteiger partial charge in [-0.2, -0.15) is 0 Å². The molecule has 0 aliphatic carbocycles. The summed E-state index contributed by atoms with van der Waals surface area (Å²) in [7, 11) is 0. The van der Waals surface area contributed by atoms with E-state index in [1.807, 2.05) is 0 Å². The summed E-state index contributed by atoms with van der Waals surface area (Å²) in [4.78, 5) is 0. The molecule has 0 spiro atoms. The van der Waals surface area contributed by atoms with Crippen LogP contribution in [0.25, 0.3) is 0 Å². The zero-order valence-corrected chi connectivity index (χ0v) is 11.2. The fraction of sp³-hybridized carbons (Fsp3) is 1.00. The van der Waals surface area contributed by atoms with Crippen LogP contribution in [0.4, 0.5) is 0 Å². The van der Waals surface area contributed by atoms with Gasteiger partial charge in [-0.05, 0) is 37.3 Å². The molecule has 0 aliphatic heterocycles. The second-order valence-corrected chi connectivity index (χ2v) is 5.56. The highest BCUT2D eigenvalue weighted by Crippen LogP contribution is 2.19. The maximum absolute atomic E-state index is 5.60. The molecule has 0 aromatic carbocycles. The summed E-state index contributed by atoms with van der Waals surface area (Å²) in [6.07, 6.45) is 2.30. The van der Waals surface area contributed by atoms with E-state index in [0.717, 1.165) is 38.6 Å². The topological polar surface area (TPSA) is 21.3 Å². The van der Waals surface area contributed by atoms with E-state index < -0.39 is 0 Å². The number of ether oxygens (including phenoxy) is 1. The summed E-state index contributed by atoms with van der Waals surface area (Å²) in [5.74, 6) is 0.740. The van der Waals surface area contributed by atoms with Crippen LogP contribution in [0.2, 0.25) is 0 Å². The van der Waals surface area contributed by atoms with Gasteiger partial charge in [0.1, 0.15) is 0 Å². The first-order valence-corrected chi connectivity index (χ1v) is 6.26. The molecule has 0 fully saturated rings. The van der Waals surface area contributed by atoms with Gasteiger partial charge in [-0.3, -0.25) is 0 Å². The first-order chi connectivity index (χ1) is 6.98. The molecular formula is C13H29NO. The van der Waals surface area contributed by atoms with E-state index in [2.05, 4.69) is 39.9 Å². The van der Waals surface area contributed by atoms with Crippen molar-refractivity contribution in [3.05, 3.63) is 0 Å². The Hall–Kier alpha value is -0.0800. The molecule has 0 aromatic rings. The monoisotopic (exact) mass is 215 g/mol. The Bertz CT molecular complexity index is 143. The summed E-state index contributed by atoms with van der Waals surface area (Å²) in [6.45, 7) is 15.2. The molecule has 0 atom stereocenters. The fourth-order valence-corrected chi connectivity index (χ4v) is 1.38. The van der Waals surface area contributed by atoms with E-state index in [-0.39, 0.29) is 0 Å². The molecule has 1 N–H and O–H groups in total. The van der Waals surface area contributed by atoms with Gasteiger partial charge < -0.3 is 10.1 Å². The molecule has 0 rings (SSSR count). The standard InChI is InChI=1S/C13H29NO/c1-6-9-15-11-13(4,5)7-8-14-10-12(2)3/h12,14H,6-11H2,1-5H3. The smallest absolute Gasteiger partial charge is 0.0517 e. The second kappa shape index (κ2) is 8.12. The Labute approximate surface area is 95.8 Å². The van der Waals surface area contributed by atoms with Crippen molar-refractivity contribution in [3.63, 3.8) is 0 Å². The van der Waals surface area contributed by atoms with Crippen molar-refractivity contribution in [2.45, 2.75) is 47.5 Å². The first kappa shape index (κ1) is 14.9. The third kappa shape index (κ3) is 10.2. The van der Waals surface area contributed by atoms with Crippen LogP contribution in [-0.4, -0.2) is 26.3 Å². The Kier molecular flexibility index (Phi) is 8.07. The molecule has 0 heterocycles. The quantitative estimate of drug-likeness (QED) is 0.597. The van der Waals surface area contributed by atoms with Crippen LogP contribution < -0.4 is 5.32 Å². The lowest BCUT2D eigenvalue weighted by molar-refractivity contribution is 0.0582. The molecule has 0 amide bonds. The van der Waals surface area contributed by atoms with Crippen LogP contribution in [0.15, 0.2) is 0 Å². The van der Waals surface area contributed by atoms with Crippen LogP contribution in [0.3, 0.4) is 0 Å². The zero-order valence-electron chi connectivity index (χ0n) is 11.2. The van der Waals surface area contributed by atoms with Gasteiger partial charge in [0, 0.05) is 6.61 Å². The average Bonchev–Trinajstić information content (AvgIpc) is 2.13. The Morgan fingerprint density at radius 3 is 2.47 bits per heavy atom. The zero-order chi connectivity index (χ0) is 11.7. The molecule has 0 saturated heterocycles. The van der Waals surface area contributed by atoms with E-state index in [1.165, 1.54) is 6.42 Å². The minimum absolute atomic E-state index is 0.305. The lowest BCUT2D eigenvalue weighted by Gasteiger charge is -2.24. The van der Waals surface area contributed by atoms with E-state index in [1.54, 1.807) is 0 Å². The van der Waals surface area contributed by atoms with Crippen molar-refractivity contribution in [3.8, 4) is 0 Å². The lowest BCUT2D eigenvalue weighted by Crippen LogP contribution is -2.28. The van der Waals surface area contributed by atoms with E-state index >= 15 is 0 Å². The van der Waals surface area contributed by atoms with Gasteiger partial charge in [-0.15, -0.1) is 0 Å². The molecule has 0 saturated carbocycles. The van der Waals surface area contributed by atoms with Gasteiger partial charge in [0.15, 0.2) is 0 Å². The van der Waals surface area contributed by atoms with Crippen molar-refractivity contribution in [2.75, 3.05) is 26.3 Å². The number of rotatable bonds is 9. The van der Waals surface area contributed by atoms with Gasteiger partial charge in [0.25, 0.3) is 0 Å². The van der Waals surface area contributed by atoms with Crippen LogP contribution in [0.1, 0.15) is 47.5 Å². The van der Waals surface area contributed by atoms with Crippen molar-refractivity contribution >= 4 is 0 Å². The Morgan fingerprint density at radius 2 is 1.93 bits per heavy atom. The number of nitrogens with one attached hydrogen (secondary N) is 1. The van der Waals surface area contributed by atoms with Crippen molar-refractivity contribution in [2.24, 2.45) is 11.3 Å². The van der Waals surface area contributed by atoms with E-state index in [4.69, 9.17) is 4.74 Å². The van der Waals surface area contributed by atoms with Crippen LogP contribution in [0.5, 0.6) is 0 Å². The summed E-state index contributed by atoms with van der Waals surface area (Å²) in [5.41, 5.74) is 0.305. The molecular weight excluding hydrogens is 186 g/mol. The second-order valence-electron chi connectivity index (χ2n) is 5.56. The van der Waals surface area contributed by atoms with E-state index in [9.17, 15) is 0 Å². The molecule has 0 radical (unpaired) electrons. The van der Waals surface area contributed by atoms with Crippen molar-refractivity contribution in [1.29, 1.82) is 0 Å². The summed E-state index contributed by atoms with van der Waals surface area (Å²) >= 11 is 0. The predicted molar refractivity (Wildman–Crippen MR) is 67.2 cm³/mol. The third-order valence-corrected chi connectivity index (χ3v) is 2.37. The molecule has 15 heavy (non-hydrogen) atoms. The highest BCUT2D eigenvalue weighted by molar-refractivity contribution is 4.69. The minimum atomic E-state index is 0.305. The highest BCUT2D eigenvalue weighted by atomic mass is 16.5. The summed E-state index contributed by atoms with van der Waals surface area (Å²) in [5, 5.41) is 3.48. The first-order valence-electron chi connectivity index (χ1n) is 6.26. The normalized spacial score (nSPS) is 12.4. The van der Waals surface area contributed by atoms with Gasteiger partial charge >= 0.3 is 0 Å². The SMILES string of the molecule is CCCOCC(C)(C)CCNCC(C)C. The Balaban J connectivity index is 3.46. The number of hydrogen-bond acceptors (Lipinski definition) is 2. The largest absolute Gasteiger partial charge is 0.381 e. The summed E-state index contributed by atoms with van der Waals surface area (Å²) in [6, 6.07) is 0. The van der Waals surface area contributed by atoms with Crippen molar-refractivity contribution in [1.82, 2.24) is 5.32 Å². The van der Waals surface area contributed by atoms with Crippen LogP contribution in [-0.2, 0) is 4.74 Å². The van der Waals surface area contributed by atoms with Gasteiger partial charge in [0.05, 0.1) is 6.61 Å². The minimum Gasteiger partial charge on any atom is -0.381 e. The van der Waals surface area contributed by atoms with Crippen LogP contribution in [0, 0.1) is 11.3 Å².